The second kappa shape index (κ2) is 6.25. The quantitative estimate of drug-likeness (QED) is 0.774. The maximum Gasteiger partial charge on any atom is 0.257 e. The highest BCUT2D eigenvalue weighted by Crippen LogP contribution is 2.27. The largest absolute Gasteiger partial charge is 0.296 e. The number of aryl methyl sites for hydroxylation is 1. The van der Waals surface area contributed by atoms with E-state index in [0.717, 1.165) is 16.1 Å². The second-order valence-electron chi connectivity index (χ2n) is 4.75. The number of carbonyl (C=O) groups excluding carboxylic acids is 1. The Morgan fingerprint density at radius 3 is 2.73 bits per heavy atom. The molecule has 0 aliphatic heterocycles. The van der Waals surface area contributed by atoms with E-state index >= 15 is 0 Å². The normalized spacial score (nSPS) is 10.5. The minimum Gasteiger partial charge on any atom is -0.296 e. The van der Waals surface area contributed by atoms with Gasteiger partial charge in [0.2, 0.25) is 5.13 Å². The number of amides is 1. The van der Waals surface area contributed by atoms with Crippen molar-refractivity contribution in [3.63, 3.8) is 0 Å². The fourth-order valence-electron chi connectivity index (χ4n) is 1.97. The first-order valence-electron chi connectivity index (χ1n) is 6.59. The number of nitrogens with zero attached hydrogens (tertiary/aromatic N) is 2. The van der Waals surface area contributed by atoms with Crippen LogP contribution in [-0.4, -0.2) is 16.1 Å². The molecular formula is C16H12ClN3OS. The van der Waals surface area contributed by atoms with Gasteiger partial charge in [0.05, 0.1) is 0 Å². The Morgan fingerprint density at radius 1 is 1.14 bits per heavy atom. The molecule has 1 aromatic heterocycles. The molecule has 0 aliphatic carbocycles. The minimum atomic E-state index is -0.255. The summed E-state index contributed by atoms with van der Waals surface area (Å²) in [6, 6.07) is 14.7. The lowest BCUT2D eigenvalue weighted by atomic mass is 10.1. The number of nitrogens with one attached hydrogen (secondary N) is 1. The van der Waals surface area contributed by atoms with E-state index < -0.39 is 0 Å². The van der Waals surface area contributed by atoms with Gasteiger partial charge >= 0.3 is 0 Å². The molecule has 0 aliphatic rings. The van der Waals surface area contributed by atoms with Crippen LogP contribution in [-0.2, 0) is 0 Å². The van der Waals surface area contributed by atoms with Crippen LogP contribution in [0.5, 0.6) is 0 Å². The fourth-order valence-corrected chi connectivity index (χ4v) is 2.89. The maximum atomic E-state index is 12.1. The summed E-state index contributed by atoms with van der Waals surface area (Å²) < 4.78 is 0. The van der Waals surface area contributed by atoms with Crippen LogP contribution >= 0.6 is 22.9 Å². The molecule has 22 heavy (non-hydrogen) atoms. The highest BCUT2D eigenvalue weighted by molar-refractivity contribution is 7.18. The van der Waals surface area contributed by atoms with E-state index in [2.05, 4.69) is 15.5 Å². The molecule has 4 nitrogen and oxygen atoms in total. The summed E-state index contributed by atoms with van der Waals surface area (Å²) in [6.45, 7) is 2.02. The Hall–Kier alpha value is -2.24. The van der Waals surface area contributed by atoms with Crippen LogP contribution in [0.2, 0.25) is 5.02 Å². The summed E-state index contributed by atoms with van der Waals surface area (Å²) in [5.74, 6) is -0.255. The first-order chi connectivity index (χ1) is 10.6. The molecule has 110 valence electrons. The Labute approximate surface area is 136 Å². The van der Waals surface area contributed by atoms with Crippen LogP contribution in [0.15, 0.2) is 48.5 Å². The van der Waals surface area contributed by atoms with E-state index in [-0.39, 0.29) is 5.91 Å². The third-order valence-electron chi connectivity index (χ3n) is 3.00. The Morgan fingerprint density at radius 2 is 1.95 bits per heavy atom. The molecule has 6 heteroatoms. The molecule has 0 atom stereocenters. The number of halogens is 1. The fraction of sp³-hybridized carbons (Fsp3) is 0.0625. The molecule has 0 saturated heterocycles. The number of anilines is 1. The Kier molecular flexibility index (Phi) is 4.18. The molecule has 1 amide bonds. The molecule has 0 bridgehead atoms. The zero-order valence-electron chi connectivity index (χ0n) is 11.7. The minimum absolute atomic E-state index is 0.255. The van der Waals surface area contributed by atoms with Gasteiger partial charge in [0, 0.05) is 16.1 Å². The van der Waals surface area contributed by atoms with Crippen molar-refractivity contribution < 1.29 is 4.79 Å². The van der Waals surface area contributed by atoms with Gasteiger partial charge < -0.3 is 0 Å². The van der Waals surface area contributed by atoms with Gasteiger partial charge in [0.15, 0.2) is 0 Å². The molecule has 0 saturated carbocycles. The zero-order chi connectivity index (χ0) is 15.5. The van der Waals surface area contributed by atoms with Gasteiger partial charge in [-0.3, -0.25) is 10.1 Å². The third-order valence-corrected chi connectivity index (χ3v) is 4.12. The van der Waals surface area contributed by atoms with E-state index in [4.69, 9.17) is 11.6 Å². The monoisotopic (exact) mass is 329 g/mol. The summed E-state index contributed by atoms with van der Waals surface area (Å²) in [7, 11) is 0. The average Bonchev–Trinajstić information content (AvgIpc) is 2.96. The predicted octanol–water partition coefficient (Wildman–Crippen LogP) is 4.42. The first-order valence-corrected chi connectivity index (χ1v) is 7.79. The summed E-state index contributed by atoms with van der Waals surface area (Å²) in [5, 5.41) is 12.6. The average molecular weight is 330 g/mol. The molecule has 0 fully saturated rings. The van der Waals surface area contributed by atoms with Gasteiger partial charge in [0.25, 0.3) is 5.91 Å². The first kappa shape index (κ1) is 14.7. The van der Waals surface area contributed by atoms with Gasteiger partial charge in [-0.05, 0) is 31.2 Å². The van der Waals surface area contributed by atoms with Crippen LogP contribution in [0.4, 0.5) is 5.13 Å². The summed E-state index contributed by atoms with van der Waals surface area (Å²) in [6.07, 6.45) is 0. The molecule has 1 N–H and O–H groups in total. The Bertz CT molecular complexity index is 832. The van der Waals surface area contributed by atoms with E-state index in [9.17, 15) is 4.79 Å². The van der Waals surface area contributed by atoms with Gasteiger partial charge in [-0.2, -0.15) is 0 Å². The highest BCUT2D eigenvalue weighted by Gasteiger charge is 2.11. The lowest BCUT2D eigenvalue weighted by Gasteiger charge is -2.01. The lowest BCUT2D eigenvalue weighted by Crippen LogP contribution is -2.11. The number of hydrogen-bond acceptors (Lipinski definition) is 4. The topological polar surface area (TPSA) is 54.9 Å². The van der Waals surface area contributed by atoms with Crippen molar-refractivity contribution in [1.29, 1.82) is 0 Å². The van der Waals surface area contributed by atoms with Crippen molar-refractivity contribution in [2.45, 2.75) is 6.92 Å². The van der Waals surface area contributed by atoms with E-state index in [0.29, 0.717) is 15.7 Å². The second-order valence-corrected chi connectivity index (χ2v) is 6.16. The maximum absolute atomic E-state index is 12.1. The number of aromatic nitrogens is 2. The summed E-state index contributed by atoms with van der Waals surface area (Å²) >= 11 is 7.22. The third kappa shape index (κ3) is 3.32. The standard InChI is InChI=1S/C16H12ClN3OS/c1-10-4-2-6-12(8-10)15-19-20-16(22-15)18-14(21)11-5-3-7-13(17)9-11/h2-9H,1H3,(H,18,20,21). The highest BCUT2D eigenvalue weighted by atomic mass is 35.5. The van der Waals surface area contributed by atoms with Crippen LogP contribution < -0.4 is 5.32 Å². The van der Waals surface area contributed by atoms with Crippen LogP contribution in [0.3, 0.4) is 0 Å². The van der Waals surface area contributed by atoms with Crippen molar-refractivity contribution in [3.05, 3.63) is 64.7 Å². The SMILES string of the molecule is Cc1cccc(-c2nnc(NC(=O)c3cccc(Cl)c3)s2)c1. The number of hydrogen-bond donors (Lipinski definition) is 1. The summed E-state index contributed by atoms with van der Waals surface area (Å²) in [5.41, 5.74) is 2.62. The molecule has 0 spiro atoms. The molecule has 3 rings (SSSR count). The Balaban J connectivity index is 1.78. The smallest absolute Gasteiger partial charge is 0.257 e. The summed E-state index contributed by atoms with van der Waals surface area (Å²) in [4.78, 5) is 12.1. The molecule has 0 radical (unpaired) electrons. The molecule has 2 aromatic carbocycles. The van der Waals surface area contributed by atoms with Crippen molar-refractivity contribution in [2.24, 2.45) is 0 Å². The number of rotatable bonds is 3. The predicted molar refractivity (Wildman–Crippen MR) is 89.5 cm³/mol. The molecular weight excluding hydrogens is 318 g/mol. The molecule has 1 heterocycles. The number of carbonyl (C=O) groups is 1. The van der Waals surface area contributed by atoms with Crippen molar-refractivity contribution >= 4 is 34.0 Å². The molecule has 0 unspecified atom stereocenters. The van der Waals surface area contributed by atoms with E-state index in [1.54, 1.807) is 24.3 Å². The van der Waals surface area contributed by atoms with Crippen LogP contribution in [0, 0.1) is 6.92 Å². The van der Waals surface area contributed by atoms with Gasteiger partial charge in [-0.1, -0.05) is 52.8 Å². The van der Waals surface area contributed by atoms with Crippen LogP contribution in [0.25, 0.3) is 10.6 Å². The van der Waals surface area contributed by atoms with Gasteiger partial charge in [-0.15, -0.1) is 10.2 Å². The van der Waals surface area contributed by atoms with Crippen molar-refractivity contribution in [1.82, 2.24) is 10.2 Å². The van der Waals surface area contributed by atoms with E-state index in [1.807, 2.05) is 31.2 Å². The van der Waals surface area contributed by atoms with Gasteiger partial charge in [0.1, 0.15) is 5.01 Å². The van der Waals surface area contributed by atoms with Crippen LogP contribution in [0.1, 0.15) is 15.9 Å². The number of benzene rings is 2. The molecule has 3 aromatic rings. The zero-order valence-corrected chi connectivity index (χ0v) is 13.3. The van der Waals surface area contributed by atoms with Crippen molar-refractivity contribution in [2.75, 3.05) is 5.32 Å². The van der Waals surface area contributed by atoms with Gasteiger partial charge in [-0.25, -0.2) is 0 Å². The lowest BCUT2D eigenvalue weighted by molar-refractivity contribution is 0.102. The van der Waals surface area contributed by atoms with Crippen molar-refractivity contribution in [3.8, 4) is 10.6 Å². The van der Waals surface area contributed by atoms with E-state index in [1.165, 1.54) is 11.3 Å².